The molecule has 0 bridgehead atoms. The maximum atomic E-state index is 13.3. The summed E-state index contributed by atoms with van der Waals surface area (Å²) in [6.45, 7) is 3.87. The maximum Gasteiger partial charge on any atom is 0.273 e. The number of nitrogens with zero attached hydrogens (tertiary/aromatic N) is 3. The van der Waals surface area contributed by atoms with E-state index >= 15 is 0 Å². The monoisotopic (exact) mass is 357 g/mol. The predicted octanol–water partition coefficient (Wildman–Crippen LogP) is 3.77. The lowest BCUT2D eigenvalue weighted by atomic mass is 10.1. The number of benzene rings is 2. The fourth-order valence-electron chi connectivity index (χ4n) is 3.16. The lowest BCUT2D eigenvalue weighted by molar-refractivity contribution is 0.0953. The summed E-state index contributed by atoms with van der Waals surface area (Å²) in [6, 6.07) is 20.1. The molecule has 0 unspecified atom stereocenters. The molecule has 0 saturated carbocycles. The number of rotatable bonds is 5. The van der Waals surface area contributed by atoms with Gasteiger partial charge in [-0.05, 0) is 43.7 Å². The van der Waals surface area contributed by atoms with Gasteiger partial charge in [-0.15, -0.1) is 0 Å². The summed E-state index contributed by atoms with van der Waals surface area (Å²) >= 11 is 0. The summed E-state index contributed by atoms with van der Waals surface area (Å²) in [6.07, 6.45) is 0.785. The molecule has 0 atom stereocenters. The molecular weight excluding hydrogens is 338 g/mol. The normalized spacial score (nSPS) is 10.3. The summed E-state index contributed by atoms with van der Waals surface area (Å²) in [7, 11) is 0. The molecule has 1 amide bonds. The first-order valence-corrected chi connectivity index (χ1v) is 8.56. The molecule has 0 fully saturated rings. The van der Waals surface area contributed by atoms with Crippen molar-refractivity contribution in [3.63, 3.8) is 0 Å². The van der Waals surface area contributed by atoms with E-state index in [-0.39, 0.29) is 12.5 Å². The smallest absolute Gasteiger partial charge is 0.273 e. The number of hydrogen-bond acceptors (Lipinski definition) is 3. The number of aryl methyl sites for hydroxylation is 1. The molecule has 134 valence electrons. The van der Waals surface area contributed by atoms with Crippen molar-refractivity contribution in [1.82, 2.24) is 4.68 Å². The zero-order chi connectivity index (χ0) is 19.4. The maximum absolute atomic E-state index is 13.3. The van der Waals surface area contributed by atoms with Crippen molar-refractivity contribution in [2.24, 2.45) is 0 Å². The van der Waals surface area contributed by atoms with Crippen molar-refractivity contribution in [2.45, 2.75) is 20.4 Å². The number of aldehydes is 1. The Labute approximate surface area is 158 Å². The van der Waals surface area contributed by atoms with Crippen LogP contribution in [0, 0.1) is 25.2 Å². The minimum absolute atomic E-state index is 0.206. The zero-order valence-electron chi connectivity index (χ0n) is 15.2. The van der Waals surface area contributed by atoms with Gasteiger partial charge in [0.05, 0.1) is 18.2 Å². The number of amides is 1. The largest absolute Gasteiger partial charge is 0.298 e. The van der Waals surface area contributed by atoms with Crippen LogP contribution in [0.4, 0.5) is 0 Å². The van der Waals surface area contributed by atoms with Crippen LogP contribution in [0.3, 0.4) is 0 Å². The lowest BCUT2D eigenvalue weighted by Crippen LogP contribution is -2.41. The molecule has 3 rings (SSSR count). The van der Waals surface area contributed by atoms with Crippen molar-refractivity contribution in [3.05, 3.63) is 94.3 Å². The fourth-order valence-corrected chi connectivity index (χ4v) is 3.16. The molecule has 5 nitrogen and oxygen atoms in total. The second-order valence-electron chi connectivity index (χ2n) is 6.25. The average molecular weight is 357 g/mol. The second kappa shape index (κ2) is 7.71. The van der Waals surface area contributed by atoms with E-state index < -0.39 is 0 Å². The van der Waals surface area contributed by atoms with Gasteiger partial charge in [0.25, 0.3) is 5.91 Å². The van der Waals surface area contributed by atoms with Crippen molar-refractivity contribution >= 4 is 12.2 Å². The molecule has 5 heteroatoms. The molecule has 0 radical (unpaired) electrons. The van der Waals surface area contributed by atoms with E-state index in [0.717, 1.165) is 17.5 Å². The van der Waals surface area contributed by atoms with E-state index in [1.54, 1.807) is 59.1 Å². The first-order chi connectivity index (χ1) is 13.1. The van der Waals surface area contributed by atoms with Crippen LogP contribution < -0.4 is 5.01 Å². The van der Waals surface area contributed by atoms with Gasteiger partial charge in [0.15, 0.2) is 6.29 Å². The second-order valence-corrected chi connectivity index (χ2v) is 6.25. The molecule has 27 heavy (non-hydrogen) atoms. The number of hydrogen-bond donors (Lipinski definition) is 0. The SMILES string of the molecule is Cc1cc(C=O)c(C)n1N(Cc1ccccc1C#N)C(=O)c1ccccc1. The van der Waals surface area contributed by atoms with Gasteiger partial charge in [-0.1, -0.05) is 36.4 Å². The van der Waals surface area contributed by atoms with E-state index in [0.29, 0.717) is 22.4 Å². The van der Waals surface area contributed by atoms with E-state index in [4.69, 9.17) is 0 Å². The molecule has 0 aliphatic heterocycles. The zero-order valence-corrected chi connectivity index (χ0v) is 15.2. The molecule has 1 aromatic heterocycles. The Balaban J connectivity index is 2.13. The molecule has 0 aliphatic rings. The van der Waals surface area contributed by atoms with E-state index in [1.165, 1.54) is 0 Å². The Morgan fingerprint density at radius 1 is 1.11 bits per heavy atom. The summed E-state index contributed by atoms with van der Waals surface area (Å²) in [4.78, 5) is 24.6. The molecule has 0 aliphatic carbocycles. The Hall–Kier alpha value is -3.65. The number of aromatic nitrogens is 1. The van der Waals surface area contributed by atoms with Crippen LogP contribution in [0.5, 0.6) is 0 Å². The first kappa shape index (κ1) is 18.2. The molecule has 1 heterocycles. The van der Waals surface area contributed by atoms with Gasteiger partial charge in [0.2, 0.25) is 0 Å². The Morgan fingerprint density at radius 3 is 2.41 bits per heavy atom. The minimum Gasteiger partial charge on any atom is -0.298 e. The van der Waals surface area contributed by atoms with Crippen LogP contribution in [0.15, 0.2) is 60.7 Å². The lowest BCUT2D eigenvalue weighted by Gasteiger charge is -2.27. The van der Waals surface area contributed by atoms with Crippen molar-refractivity contribution in [2.75, 3.05) is 5.01 Å². The predicted molar refractivity (Wildman–Crippen MR) is 103 cm³/mol. The van der Waals surface area contributed by atoms with Gasteiger partial charge in [-0.25, -0.2) is 5.01 Å². The first-order valence-electron chi connectivity index (χ1n) is 8.56. The highest BCUT2D eigenvalue weighted by molar-refractivity contribution is 6.01. The van der Waals surface area contributed by atoms with Crippen LogP contribution in [0.2, 0.25) is 0 Å². The molecular formula is C22H19N3O2. The number of carbonyl (C=O) groups is 2. The van der Waals surface area contributed by atoms with Crippen molar-refractivity contribution in [3.8, 4) is 6.07 Å². The standard InChI is InChI=1S/C22H19N3O2/c1-16-12-21(15-26)17(2)25(16)24(22(27)18-8-4-3-5-9-18)14-20-11-7-6-10-19(20)13-23/h3-12,15H,14H2,1-2H3. The highest BCUT2D eigenvalue weighted by Crippen LogP contribution is 2.19. The molecule has 0 saturated heterocycles. The average Bonchev–Trinajstić information content (AvgIpc) is 3.00. The summed E-state index contributed by atoms with van der Waals surface area (Å²) in [5, 5.41) is 11.0. The highest BCUT2D eigenvalue weighted by atomic mass is 16.2. The van der Waals surface area contributed by atoms with Gasteiger partial charge in [-0.2, -0.15) is 5.26 Å². The van der Waals surface area contributed by atoms with Gasteiger partial charge in [0.1, 0.15) is 0 Å². The summed E-state index contributed by atoms with van der Waals surface area (Å²) in [5.41, 5.74) is 3.78. The third kappa shape index (κ3) is 3.51. The summed E-state index contributed by atoms with van der Waals surface area (Å²) in [5.74, 6) is -0.206. The van der Waals surface area contributed by atoms with Crippen LogP contribution >= 0.6 is 0 Å². The third-order valence-corrected chi connectivity index (χ3v) is 4.52. The Morgan fingerprint density at radius 2 is 1.78 bits per heavy atom. The highest BCUT2D eigenvalue weighted by Gasteiger charge is 2.23. The van der Waals surface area contributed by atoms with Gasteiger partial charge < -0.3 is 0 Å². The van der Waals surface area contributed by atoms with E-state index in [9.17, 15) is 14.9 Å². The van der Waals surface area contributed by atoms with Crippen LogP contribution in [0.25, 0.3) is 0 Å². The van der Waals surface area contributed by atoms with Crippen LogP contribution in [0.1, 0.15) is 43.2 Å². The number of nitriles is 1. The Bertz CT molecular complexity index is 1030. The Kier molecular flexibility index (Phi) is 5.18. The van der Waals surface area contributed by atoms with E-state index in [1.807, 2.05) is 25.1 Å². The molecule has 2 aromatic carbocycles. The van der Waals surface area contributed by atoms with Crippen molar-refractivity contribution < 1.29 is 9.59 Å². The fraction of sp³-hybridized carbons (Fsp3) is 0.136. The minimum atomic E-state index is -0.206. The van der Waals surface area contributed by atoms with Gasteiger partial charge in [-0.3, -0.25) is 14.3 Å². The number of carbonyl (C=O) groups excluding carboxylic acids is 2. The van der Waals surface area contributed by atoms with Crippen molar-refractivity contribution in [1.29, 1.82) is 5.26 Å². The summed E-state index contributed by atoms with van der Waals surface area (Å²) < 4.78 is 1.74. The van der Waals surface area contributed by atoms with Gasteiger partial charge in [0, 0.05) is 22.5 Å². The van der Waals surface area contributed by atoms with E-state index in [2.05, 4.69) is 6.07 Å². The quantitative estimate of drug-likeness (QED) is 0.653. The molecule has 0 spiro atoms. The molecule has 0 N–H and O–H groups in total. The van der Waals surface area contributed by atoms with Crippen LogP contribution in [-0.2, 0) is 6.54 Å². The molecule has 3 aromatic rings. The van der Waals surface area contributed by atoms with Crippen LogP contribution in [-0.4, -0.2) is 16.9 Å². The topological polar surface area (TPSA) is 66.1 Å². The van der Waals surface area contributed by atoms with Gasteiger partial charge >= 0.3 is 0 Å². The third-order valence-electron chi connectivity index (χ3n) is 4.52.